The molecule has 1 unspecified atom stereocenters. The topological polar surface area (TPSA) is 40.5 Å². The van der Waals surface area contributed by atoms with Crippen molar-refractivity contribution < 1.29 is 49.4 Å². The van der Waals surface area contributed by atoms with Crippen molar-refractivity contribution in [1.82, 2.24) is 4.90 Å². The molecule has 1 saturated heterocycles. The van der Waals surface area contributed by atoms with Crippen molar-refractivity contribution >= 4 is 5.97 Å². The average Bonchev–Trinajstić information content (AvgIpc) is 2.78. The average molecular weight is 557 g/mol. The highest BCUT2D eigenvalue weighted by Crippen LogP contribution is 2.43. The van der Waals surface area contributed by atoms with Gasteiger partial charge >= 0.3 is 24.5 Å². The number of carbonyl (C=O) groups is 1. The van der Waals surface area contributed by atoms with Gasteiger partial charge in [0.25, 0.3) is 0 Å². The second kappa shape index (κ2) is 11.3. The van der Waals surface area contributed by atoms with Gasteiger partial charge in [-0.1, -0.05) is 31.6 Å². The predicted molar refractivity (Wildman–Crippen MR) is 121 cm³/mol. The molecule has 3 nitrogen and oxygen atoms in total. The Morgan fingerprint density at radius 2 is 1.68 bits per heavy atom. The number of alkyl halides is 9. The maximum atomic E-state index is 13.8. The molecule has 1 N–H and O–H groups in total. The summed E-state index contributed by atoms with van der Waals surface area (Å²) in [6, 6.07) is 0.130. The van der Waals surface area contributed by atoms with Gasteiger partial charge in [-0.2, -0.15) is 39.5 Å². The van der Waals surface area contributed by atoms with E-state index in [1.54, 1.807) is 4.90 Å². The van der Waals surface area contributed by atoms with E-state index in [4.69, 9.17) is 0 Å². The maximum Gasteiger partial charge on any atom is 0.416 e. The molecule has 1 fully saturated rings. The fourth-order valence-electron chi connectivity index (χ4n) is 5.57. The van der Waals surface area contributed by atoms with E-state index in [2.05, 4.69) is 0 Å². The molecule has 0 saturated carbocycles. The highest BCUT2D eigenvalue weighted by molar-refractivity contribution is 5.67. The first kappa shape index (κ1) is 30.0. The van der Waals surface area contributed by atoms with Gasteiger partial charge < -0.3 is 5.11 Å². The quantitative estimate of drug-likeness (QED) is 0.345. The molecule has 1 aliphatic heterocycles. The summed E-state index contributed by atoms with van der Waals surface area (Å²) in [7, 11) is 0. The Hall–Kier alpha value is -2.50. The maximum absolute atomic E-state index is 13.8. The Kier molecular flexibility index (Phi) is 8.95. The molecule has 0 aromatic heterocycles. The summed E-state index contributed by atoms with van der Waals surface area (Å²) >= 11 is 0. The summed E-state index contributed by atoms with van der Waals surface area (Å²) < 4.78 is 121. The number of likely N-dealkylation sites (tertiary alicyclic amines) is 1. The van der Waals surface area contributed by atoms with Crippen LogP contribution in [0.25, 0.3) is 0 Å². The van der Waals surface area contributed by atoms with E-state index in [1.165, 1.54) is 6.08 Å². The normalized spacial score (nSPS) is 25.4. The number of allylic oxidation sites excluding steroid dienone is 3. The van der Waals surface area contributed by atoms with Crippen molar-refractivity contribution in [3.05, 3.63) is 58.7 Å². The number of benzene rings is 1. The zero-order valence-corrected chi connectivity index (χ0v) is 20.4. The number of carboxylic acid groups (broad SMARTS) is 1. The van der Waals surface area contributed by atoms with Gasteiger partial charge in [0.1, 0.15) is 0 Å². The van der Waals surface area contributed by atoms with Gasteiger partial charge in [-0.05, 0) is 61.3 Å². The van der Waals surface area contributed by atoms with Crippen LogP contribution in [0.15, 0.2) is 42.0 Å². The highest BCUT2D eigenvalue weighted by atomic mass is 19.4. The van der Waals surface area contributed by atoms with E-state index in [9.17, 15) is 49.4 Å². The number of piperidine rings is 1. The van der Waals surface area contributed by atoms with Gasteiger partial charge in [-0.25, -0.2) is 0 Å². The minimum atomic E-state index is -4.92. The molecule has 0 bridgehead atoms. The Bertz CT molecular complexity index is 1060. The molecule has 1 aliphatic carbocycles. The molecule has 0 radical (unpaired) electrons. The summed E-state index contributed by atoms with van der Waals surface area (Å²) in [6.07, 6.45) is -9.99. The first-order chi connectivity index (χ1) is 17.5. The van der Waals surface area contributed by atoms with Crippen LogP contribution in [0, 0.1) is 11.8 Å². The molecule has 1 aromatic carbocycles. The highest BCUT2D eigenvalue weighted by Gasteiger charge is 2.43. The molecule has 0 amide bonds. The van der Waals surface area contributed by atoms with E-state index in [-0.39, 0.29) is 25.2 Å². The lowest BCUT2D eigenvalue weighted by Gasteiger charge is -2.48. The van der Waals surface area contributed by atoms with Crippen molar-refractivity contribution in [2.75, 3.05) is 0 Å². The first-order valence-corrected chi connectivity index (χ1v) is 12.2. The van der Waals surface area contributed by atoms with Crippen LogP contribution in [0.3, 0.4) is 0 Å². The molecule has 212 valence electrons. The third-order valence-electron chi connectivity index (χ3n) is 7.21. The van der Waals surface area contributed by atoms with Crippen LogP contribution >= 0.6 is 0 Å². The fourth-order valence-corrected chi connectivity index (χ4v) is 5.57. The van der Waals surface area contributed by atoms with E-state index in [1.807, 2.05) is 6.92 Å². The first-order valence-electron chi connectivity index (χ1n) is 12.2. The van der Waals surface area contributed by atoms with E-state index in [0.717, 1.165) is 12.2 Å². The molecule has 0 spiro atoms. The van der Waals surface area contributed by atoms with Crippen LogP contribution in [-0.2, 0) is 23.7 Å². The lowest BCUT2D eigenvalue weighted by molar-refractivity contribution is -0.142. The zero-order chi connectivity index (χ0) is 28.5. The summed E-state index contributed by atoms with van der Waals surface area (Å²) in [6.45, 7) is 1.31. The second-order valence-electron chi connectivity index (χ2n) is 9.90. The van der Waals surface area contributed by atoms with Crippen LogP contribution in [0.4, 0.5) is 39.5 Å². The number of hydrogen-bond donors (Lipinski definition) is 1. The van der Waals surface area contributed by atoms with Crippen molar-refractivity contribution in [3.63, 3.8) is 0 Å². The summed E-state index contributed by atoms with van der Waals surface area (Å²) in [5.41, 5.74) is -3.90. The Balaban J connectivity index is 2.05. The van der Waals surface area contributed by atoms with Gasteiger partial charge in [-0.3, -0.25) is 9.69 Å². The summed E-state index contributed by atoms with van der Waals surface area (Å²) in [5.74, 6) is -2.04. The van der Waals surface area contributed by atoms with Gasteiger partial charge in [-0.15, -0.1) is 0 Å². The largest absolute Gasteiger partial charge is 0.481 e. The summed E-state index contributed by atoms with van der Waals surface area (Å²) in [4.78, 5) is 13.1. The fraction of sp³-hybridized carbons (Fsp3) is 0.577. The van der Waals surface area contributed by atoms with E-state index < -0.39 is 71.3 Å². The minimum Gasteiger partial charge on any atom is -0.481 e. The van der Waals surface area contributed by atoms with E-state index in [0.29, 0.717) is 37.5 Å². The number of halogens is 9. The molecule has 3 rings (SSSR count). The Morgan fingerprint density at radius 3 is 2.18 bits per heavy atom. The molecule has 4 atom stereocenters. The lowest BCUT2D eigenvalue weighted by atomic mass is 9.76. The smallest absolute Gasteiger partial charge is 0.416 e. The van der Waals surface area contributed by atoms with E-state index >= 15 is 0 Å². The third kappa shape index (κ3) is 7.33. The Morgan fingerprint density at radius 1 is 1.00 bits per heavy atom. The van der Waals surface area contributed by atoms with Crippen LogP contribution < -0.4 is 0 Å². The molecule has 1 aromatic rings. The molecule has 2 aliphatic rings. The molecular formula is C26H28F9NO2. The number of aliphatic carboxylic acids is 1. The Labute approximate surface area is 214 Å². The van der Waals surface area contributed by atoms with Gasteiger partial charge in [0.2, 0.25) is 0 Å². The number of rotatable bonds is 7. The standard InChI is InChI=1S/C26H28F9NO2/c1-2-3-20-10-15(12-23(37)38)11-22(16-4-6-18(7-5-16)24(27,28)29)36(20)14-17-13-19(25(30,31)32)8-9-21(17)26(33,34)35/h4,6-9,13,15-16,20,22H,2-3,5,10-12,14H2,1H3,(H,37,38)/t15-,16?,20+,22-/m1/s1. The van der Waals surface area contributed by atoms with Crippen molar-refractivity contribution in [2.45, 2.75) is 82.6 Å². The number of nitrogens with zero attached hydrogens (tertiary/aromatic N) is 1. The summed E-state index contributed by atoms with van der Waals surface area (Å²) in [5, 5.41) is 9.34. The van der Waals surface area contributed by atoms with Crippen LogP contribution in [0.5, 0.6) is 0 Å². The molecule has 12 heteroatoms. The number of hydrogen-bond acceptors (Lipinski definition) is 2. The monoisotopic (exact) mass is 557 g/mol. The second-order valence-corrected chi connectivity index (χ2v) is 9.90. The van der Waals surface area contributed by atoms with Crippen molar-refractivity contribution in [1.29, 1.82) is 0 Å². The molecule has 1 heterocycles. The minimum absolute atomic E-state index is 0.0835. The molecule has 38 heavy (non-hydrogen) atoms. The van der Waals surface area contributed by atoms with Crippen molar-refractivity contribution in [3.8, 4) is 0 Å². The van der Waals surface area contributed by atoms with Crippen LogP contribution in [0.1, 0.15) is 62.1 Å². The SMILES string of the molecule is CCC[C@H]1C[C@@H](CC(=O)O)C[C@H](C2C=CC(C(F)(F)F)=CC2)N1Cc1cc(C(F)(F)F)ccc1C(F)(F)F. The van der Waals surface area contributed by atoms with Crippen molar-refractivity contribution in [2.24, 2.45) is 11.8 Å². The van der Waals surface area contributed by atoms with Crippen LogP contribution in [-0.4, -0.2) is 34.2 Å². The molecular weight excluding hydrogens is 529 g/mol. The van der Waals surface area contributed by atoms with Gasteiger partial charge in [0, 0.05) is 25.0 Å². The number of carboxylic acids is 1. The third-order valence-corrected chi connectivity index (χ3v) is 7.21. The zero-order valence-electron chi connectivity index (χ0n) is 20.4. The van der Waals surface area contributed by atoms with Crippen LogP contribution in [0.2, 0.25) is 0 Å². The lowest BCUT2D eigenvalue weighted by Crippen LogP contribution is -2.52. The van der Waals surface area contributed by atoms with Gasteiger partial charge in [0.05, 0.1) is 16.7 Å². The van der Waals surface area contributed by atoms with Gasteiger partial charge in [0.15, 0.2) is 0 Å². The predicted octanol–water partition coefficient (Wildman–Crippen LogP) is 8.01.